The van der Waals surface area contributed by atoms with Crippen LogP contribution in [0.3, 0.4) is 0 Å². The van der Waals surface area contributed by atoms with Crippen molar-refractivity contribution >= 4 is 34.5 Å². The number of carbonyl (C=O) groups is 2. The molecule has 7 heteroatoms. The van der Waals surface area contributed by atoms with Crippen molar-refractivity contribution in [1.29, 1.82) is 0 Å². The molecule has 30 heavy (non-hydrogen) atoms. The van der Waals surface area contributed by atoms with Gasteiger partial charge in [0.05, 0.1) is 16.6 Å². The topological polar surface area (TPSA) is 93.1 Å². The van der Waals surface area contributed by atoms with E-state index in [0.717, 1.165) is 38.5 Å². The van der Waals surface area contributed by atoms with E-state index in [0.29, 0.717) is 18.3 Å². The van der Waals surface area contributed by atoms with E-state index in [2.05, 4.69) is 22.6 Å². The van der Waals surface area contributed by atoms with Crippen LogP contribution >= 0.6 is 22.6 Å². The molecule has 0 spiro atoms. The highest BCUT2D eigenvalue weighted by molar-refractivity contribution is 14.1. The first-order chi connectivity index (χ1) is 13.7. The fraction of sp³-hybridized carbons (Fsp3) is 0.913. The van der Waals surface area contributed by atoms with Crippen molar-refractivity contribution in [3.05, 3.63) is 0 Å². The van der Waals surface area contributed by atoms with Crippen molar-refractivity contribution in [2.45, 2.75) is 113 Å². The summed E-state index contributed by atoms with van der Waals surface area (Å²) in [7, 11) is 0. The molecule has 6 nitrogen and oxygen atoms in total. The Morgan fingerprint density at radius 2 is 1.67 bits per heavy atom. The van der Waals surface area contributed by atoms with Crippen LogP contribution < -0.4 is 0 Å². The Labute approximate surface area is 193 Å². The van der Waals surface area contributed by atoms with Crippen LogP contribution in [0.1, 0.15) is 86.0 Å². The van der Waals surface area contributed by atoms with E-state index in [1.807, 2.05) is 6.92 Å². The highest BCUT2D eigenvalue weighted by Gasteiger charge is 2.63. The van der Waals surface area contributed by atoms with Crippen molar-refractivity contribution in [3.8, 4) is 0 Å². The summed E-state index contributed by atoms with van der Waals surface area (Å²) in [6.07, 6.45) is 4.81. The maximum Gasteiger partial charge on any atom is 0.319 e. The van der Waals surface area contributed by atoms with Crippen LogP contribution in [-0.2, 0) is 19.1 Å². The first-order valence-electron chi connectivity index (χ1n) is 11.2. The van der Waals surface area contributed by atoms with Gasteiger partial charge in [-0.15, -0.1) is 0 Å². The van der Waals surface area contributed by atoms with Gasteiger partial charge in [0.2, 0.25) is 0 Å². The van der Waals surface area contributed by atoms with Gasteiger partial charge in [0.25, 0.3) is 0 Å². The van der Waals surface area contributed by atoms with Crippen LogP contribution in [0.2, 0.25) is 0 Å². The third-order valence-corrected chi connectivity index (χ3v) is 8.48. The fourth-order valence-electron chi connectivity index (χ4n) is 6.12. The third-order valence-electron chi connectivity index (χ3n) is 7.09. The first kappa shape index (κ1) is 24.2. The zero-order chi connectivity index (χ0) is 22.5. The van der Waals surface area contributed by atoms with Gasteiger partial charge < -0.3 is 19.7 Å². The number of aliphatic hydroxyl groups is 2. The molecule has 4 atom stereocenters. The second-order valence-corrected chi connectivity index (χ2v) is 12.8. The normalized spacial score (nSPS) is 35.1. The molecule has 4 saturated carbocycles. The van der Waals surface area contributed by atoms with Crippen LogP contribution in [0, 0.1) is 17.3 Å². The van der Waals surface area contributed by atoms with Crippen molar-refractivity contribution in [3.63, 3.8) is 0 Å². The predicted octanol–water partition coefficient (Wildman–Crippen LogP) is 3.93. The Balaban J connectivity index is 1.81. The molecule has 0 aromatic carbocycles. The summed E-state index contributed by atoms with van der Waals surface area (Å²) < 4.78 is 11.8. The number of ether oxygens (including phenoxy) is 2. The molecule has 0 aromatic heterocycles. The van der Waals surface area contributed by atoms with E-state index >= 15 is 0 Å². The van der Waals surface area contributed by atoms with Gasteiger partial charge in [-0.05, 0) is 78.1 Å². The Bertz CT molecular complexity index is 662. The molecule has 0 amide bonds. The lowest BCUT2D eigenvalue weighted by Crippen LogP contribution is -2.61. The van der Waals surface area contributed by atoms with Crippen LogP contribution in [-0.4, -0.2) is 49.0 Å². The molecule has 4 aliphatic rings. The van der Waals surface area contributed by atoms with Gasteiger partial charge >= 0.3 is 11.9 Å². The van der Waals surface area contributed by atoms with E-state index in [4.69, 9.17) is 9.47 Å². The minimum atomic E-state index is -1.27. The standard InChI is InChI=1S/C23H37IO6/c1-6-16(24)18(25)30-23-10-14-7-15(11-23)9-22(8-14,13-23)19(26)29-17(21(4,5)28)12-20(2,3)27/h14-17,27-28H,6-13H2,1-5H3. The molecule has 0 heterocycles. The quantitative estimate of drug-likeness (QED) is 0.278. The maximum absolute atomic E-state index is 13.5. The Kier molecular flexibility index (Phi) is 6.61. The molecule has 0 aliphatic heterocycles. The number of esters is 2. The molecule has 0 aromatic rings. The van der Waals surface area contributed by atoms with Crippen molar-refractivity contribution in [2.24, 2.45) is 17.3 Å². The number of hydrogen-bond acceptors (Lipinski definition) is 6. The number of rotatable bonds is 8. The molecule has 4 unspecified atom stereocenters. The van der Waals surface area contributed by atoms with Crippen molar-refractivity contribution in [1.82, 2.24) is 0 Å². The highest BCUT2D eigenvalue weighted by Crippen LogP contribution is 2.63. The minimum absolute atomic E-state index is 0.151. The molecular formula is C23H37IO6. The fourth-order valence-corrected chi connectivity index (χ4v) is 6.25. The Hall–Kier alpha value is -0.410. The van der Waals surface area contributed by atoms with Gasteiger partial charge in [-0.3, -0.25) is 9.59 Å². The van der Waals surface area contributed by atoms with Crippen molar-refractivity contribution < 1.29 is 29.3 Å². The predicted molar refractivity (Wildman–Crippen MR) is 121 cm³/mol. The lowest BCUT2D eigenvalue weighted by molar-refractivity contribution is -0.220. The van der Waals surface area contributed by atoms with Crippen LogP contribution in [0.25, 0.3) is 0 Å². The SMILES string of the molecule is CCC(I)C(=O)OC12CC3CC(C1)CC(C(=O)OC(CC(C)(C)O)C(C)(C)O)(C3)C2. The molecule has 4 fully saturated rings. The summed E-state index contributed by atoms with van der Waals surface area (Å²) >= 11 is 2.13. The second kappa shape index (κ2) is 8.18. The first-order valence-corrected chi connectivity index (χ1v) is 12.4. The summed E-state index contributed by atoms with van der Waals surface area (Å²) in [5.41, 5.74) is -3.57. The molecule has 4 aliphatic carbocycles. The number of alkyl halides is 1. The second-order valence-electron chi connectivity index (χ2n) is 11.3. The van der Waals surface area contributed by atoms with Gasteiger partial charge in [0, 0.05) is 12.8 Å². The van der Waals surface area contributed by atoms with E-state index in [-0.39, 0.29) is 22.3 Å². The van der Waals surface area contributed by atoms with E-state index in [1.54, 1.807) is 27.7 Å². The summed E-state index contributed by atoms with van der Waals surface area (Å²) in [6.45, 7) is 8.46. The zero-order valence-corrected chi connectivity index (χ0v) is 21.0. The molecule has 0 radical (unpaired) electrons. The van der Waals surface area contributed by atoms with Gasteiger partial charge in [-0.2, -0.15) is 0 Å². The number of halogens is 1. The Morgan fingerprint density at radius 1 is 1.10 bits per heavy atom. The van der Waals surface area contributed by atoms with Gasteiger partial charge in [-0.25, -0.2) is 0 Å². The molecule has 0 saturated heterocycles. The summed E-state index contributed by atoms with van der Waals surface area (Å²) in [4.78, 5) is 26.1. The van der Waals surface area contributed by atoms with E-state index < -0.39 is 28.3 Å². The summed E-state index contributed by atoms with van der Waals surface area (Å²) in [6, 6.07) is 0. The molecule has 2 N–H and O–H groups in total. The lowest BCUT2D eigenvalue weighted by atomic mass is 9.48. The Morgan fingerprint density at radius 3 is 2.13 bits per heavy atom. The largest absolute Gasteiger partial charge is 0.459 e. The van der Waals surface area contributed by atoms with Gasteiger partial charge in [0.1, 0.15) is 15.6 Å². The molecule has 172 valence electrons. The monoisotopic (exact) mass is 536 g/mol. The van der Waals surface area contributed by atoms with Crippen LogP contribution in [0.4, 0.5) is 0 Å². The smallest absolute Gasteiger partial charge is 0.319 e. The molecule has 4 bridgehead atoms. The summed E-state index contributed by atoms with van der Waals surface area (Å²) in [5.74, 6) is 0.224. The molecule has 4 rings (SSSR count). The van der Waals surface area contributed by atoms with Gasteiger partial charge in [0.15, 0.2) is 0 Å². The third kappa shape index (κ3) is 5.14. The van der Waals surface area contributed by atoms with Crippen LogP contribution in [0.5, 0.6) is 0 Å². The van der Waals surface area contributed by atoms with Crippen LogP contribution in [0.15, 0.2) is 0 Å². The van der Waals surface area contributed by atoms with E-state index in [1.165, 1.54) is 0 Å². The lowest BCUT2D eigenvalue weighted by Gasteiger charge is -2.60. The van der Waals surface area contributed by atoms with Gasteiger partial charge in [-0.1, -0.05) is 29.5 Å². The number of hydrogen-bond donors (Lipinski definition) is 2. The minimum Gasteiger partial charge on any atom is -0.459 e. The zero-order valence-electron chi connectivity index (χ0n) is 18.9. The average Bonchev–Trinajstić information content (AvgIpc) is 2.56. The summed E-state index contributed by atoms with van der Waals surface area (Å²) in [5, 5.41) is 20.8. The average molecular weight is 536 g/mol. The van der Waals surface area contributed by atoms with Crippen molar-refractivity contribution in [2.75, 3.05) is 0 Å². The highest BCUT2D eigenvalue weighted by atomic mass is 127. The number of carbonyl (C=O) groups excluding carboxylic acids is 2. The molecular weight excluding hydrogens is 499 g/mol. The maximum atomic E-state index is 13.5. The van der Waals surface area contributed by atoms with E-state index in [9.17, 15) is 19.8 Å².